The molecule has 1 atom stereocenters. The van der Waals surface area contributed by atoms with Gasteiger partial charge in [-0.3, -0.25) is 19.9 Å². The zero-order chi connectivity index (χ0) is 23.6. The number of rotatable bonds is 3. The van der Waals surface area contributed by atoms with Crippen molar-refractivity contribution < 1.29 is 0 Å². The molecule has 1 aliphatic heterocycles. The van der Waals surface area contributed by atoms with E-state index in [1.807, 2.05) is 24.4 Å². The Kier molecular flexibility index (Phi) is 4.45. The standard InChI is InChI=1S/C27H29N7O/c28-21-18-7-2-1-6-17(18)16-26(21)11-14-34(15-12-26)25-30-23-20(24(35)31-25)22(32-33-23)27(9-5-10-27)19-8-3-4-13-29-19/h1-4,6-8,13,21H,5,9-12,14-16,28H2,(H2,30,31,32,33,35)/t21-/m1/s1. The minimum absolute atomic E-state index is 0.0644. The van der Waals surface area contributed by atoms with Crippen LogP contribution in [0.15, 0.2) is 53.5 Å². The van der Waals surface area contributed by atoms with E-state index in [9.17, 15) is 4.79 Å². The van der Waals surface area contributed by atoms with Gasteiger partial charge in [0.05, 0.1) is 16.8 Å². The van der Waals surface area contributed by atoms with Crippen molar-refractivity contribution in [2.75, 3.05) is 18.0 Å². The number of anilines is 1. The Morgan fingerprint density at radius 2 is 1.83 bits per heavy atom. The van der Waals surface area contributed by atoms with Gasteiger partial charge in [0.2, 0.25) is 5.95 Å². The highest BCUT2D eigenvalue weighted by atomic mass is 16.1. The first-order valence-corrected chi connectivity index (χ1v) is 12.6. The van der Waals surface area contributed by atoms with Crippen molar-refractivity contribution in [2.45, 2.75) is 50.0 Å². The van der Waals surface area contributed by atoms with Gasteiger partial charge >= 0.3 is 0 Å². The molecule has 3 aromatic heterocycles. The highest BCUT2D eigenvalue weighted by Crippen LogP contribution is 2.51. The van der Waals surface area contributed by atoms with Gasteiger partial charge in [-0.2, -0.15) is 10.1 Å². The average Bonchev–Trinajstić information content (AvgIpc) is 3.40. The average molecular weight is 468 g/mol. The van der Waals surface area contributed by atoms with Gasteiger partial charge < -0.3 is 10.6 Å². The van der Waals surface area contributed by atoms with Crippen LogP contribution in [0.3, 0.4) is 0 Å². The molecule has 178 valence electrons. The molecule has 0 bridgehead atoms. The Morgan fingerprint density at radius 3 is 2.54 bits per heavy atom. The third kappa shape index (κ3) is 2.95. The molecule has 7 rings (SSSR count). The van der Waals surface area contributed by atoms with E-state index >= 15 is 0 Å². The lowest BCUT2D eigenvalue weighted by molar-refractivity contribution is 0.187. The van der Waals surface area contributed by atoms with E-state index in [2.05, 4.69) is 49.3 Å². The summed E-state index contributed by atoms with van der Waals surface area (Å²) < 4.78 is 0. The van der Waals surface area contributed by atoms with E-state index in [-0.39, 0.29) is 22.4 Å². The molecule has 4 aromatic rings. The summed E-state index contributed by atoms with van der Waals surface area (Å²) in [6.07, 6.45) is 7.77. The Bertz CT molecular complexity index is 1460. The van der Waals surface area contributed by atoms with Gasteiger partial charge in [0.25, 0.3) is 5.56 Å². The van der Waals surface area contributed by atoms with E-state index in [1.165, 1.54) is 11.1 Å². The summed E-state index contributed by atoms with van der Waals surface area (Å²) >= 11 is 0. The zero-order valence-corrected chi connectivity index (χ0v) is 19.6. The smallest absolute Gasteiger partial charge is 0.263 e. The molecule has 8 heteroatoms. The maximum atomic E-state index is 13.4. The first kappa shape index (κ1) is 20.8. The van der Waals surface area contributed by atoms with Crippen molar-refractivity contribution in [3.63, 3.8) is 0 Å². The third-order valence-electron chi connectivity index (χ3n) is 8.90. The largest absolute Gasteiger partial charge is 0.342 e. The van der Waals surface area contributed by atoms with E-state index in [0.29, 0.717) is 17.0 Å². The number of pyridine rings is 1. The van der Waals surface area contributed by atoms with Crippen molar-refractivity contribution in [3.8, 4) is 0 Å². The molecule has 1 aromatic carbocycles. The fraction of sp³-hybridized carbons (Fsp3) is 0.407. The molecule has 1 spiro atoms. The fourth-order valence-electron chi connectivity index (χ4n) is 6.70. The predicted octanol–water partition coefficient (Wildman–Crippen LogP) is 3.35. The molecule has 4 N–H and O–H groups in total. The Balaban J connectivity index is 1.18. The van der Waals surface area contributed by atoms with E-state index in [1.54, 1.807) is 0 Å². The normalized spacial score (nSPS) is 22.3. The molecule has 4 heterocycles. The number of hydrogen-bond acceptors (Lipinski definition) is 6. The van der Waals surface area contributed by atoms with Crippen LogP contribution in [0.1, 0.15) is 60.7 Å². The number of aromatic nitrogens is 5. The van der Waals surface area contributed by atoms with Gasteiger partial charge in [-0.15, -0.1) is 0 Å². The predicted molar refractivity (Wildman–Crippen MR) is 134 cm³/mol. The number of nitrogens with one attached hydrogen (secondary N) is 2. The summed E-state index contributed by atoms with van der Waals surface area (Å²) in [7, 11) is 0. The van der Waals surface area contributed by atoms with Crippen molar-refractivity contribution in [1.82, 2.24) is 25.1 Å². The summed E-state index contributed by atoms with van der Waals surface area (Å²) in [5.41, 5.74) is 11.4. The molecule has 1 saturated heterocycles. The molecule has 35 heavy (non-hydrogen) atoms. The monoisotopic (exact) mass is 467 g/mol. The number of nitrogens with two attached hydrogens (primary N) is 1. The van der Waals surface area contributed by atoms with Gasteiger partial charge in [-0.25, -0.2) is 0 Å². The van der Waals surface area contributed by atoms with Gasteiger partial charge in [-0.1, -0.05) is 36.8 Å². The number of benzene rings is 1. The van der Waals surface area contributed by atoms with E-state index < -0.39 is 0 Å². The van der Waals surface area contributed by atoms with E-state index in [4.69, 9.17) is 10.7 Å². The number of piperidine rings is 1. The Morgan fingerprint density at radius 1 is 1.03 bits per heavy atom. The molecular weight excluding hydrogens is 438 g/mol. The highest BCUT2D eigenvalue weighted by molar-refractivity contribution is 5.80. The van der Waals surface area contributed by atoms with Gasteiger partial charge in [0, 0.05) is 25.3 Å². The molecule has 2 fully saturated rings. The number of nitrogens with zero attached hydrogens (tertiary/aromatic N) is 4. The van der Waals surface area contributed by atoms with Gasteiger partial charge in [-0.05, 0) is 60.8 Å². The van der Waals surface area contributed by atoms with Crippen LogP contribution in [0.25, 0.3) is 11.0 Å². The zero-order valence-electron chi connectivity index (χ0n) is 19.6. The topological polar surface area (TPSA) is 117 Å². The van der Waals surface area contributed by atoms with Crippen LogP contribution in [-0.2, 0) is 11.8 Å². The number of fused-ring (bicyclic) bond motifs is 2. The number of hydrogen-bond donors (Lipinski definition) is 3. The fourth-order valence-corrected chi connectivity index (χ4v) is 6.70. The Hall–Kier alpha value is -3.52. The van der Waals surface area contributed by atoms with Crippen LogP contribution in [0, 0.1) is 5.41 Å². The molecule has 3 aliphatic rings. The second-order valence-corrected chi connectivity index (χ2v) is 10.5. The van der Waals surface area contributed by atoms with Crippen molar-refractivity contribution in [1.29, 1.82) is 0 Å². The van der Waals surface area contributed by atoms with Crippen molar-refractivity contribution in [2.24, 2.45) is 11.1 Å². The van der Waals surface area contributed by atoms with Crippen LogP contribution >= 0.6 is 0 Å². The molecule has 0 radical (unpaired) electrons. The van der Waals surface area contributed by atoms with Crippen molar-refractivity contribution in [3.05, 3.63) is 81.5 Å². The lowest BCUT2D eigenvalue weighted by atomic mass is 9.64. The molecular formula is C27H29N7O. The van der Waals surface area contributed by atoms with Crippen LogP contribution in [-0.4, -0.2) is 38.2 Å². The van der Waals surface area contributed by atoms with Crippen molar-refractivity contribution >= 4 is 17.0 Å². The summed E-state index contributed by atoms with van der Waals surface area (Å²) in [5, 5.41) is 8.22. The molecule has 0 unspecified atom stereocenters. The van der Waals surface area contributed by atoms with Crippen LogP contribution in [0.4, 0.5) is 5.95 Å². The lowest BCUT2D eigenvalue weighted by Crippen LogP contribution is -2.45. The minimum atomic E-state index is -0.294. The van der Waals surface area contributed by atoms with Crippen LogP contribution < -0.4 is 16.2 Å². The number of H-pyrrole nitrogens is 2. The molecule has 2 aliphatic carbocycles. The lowest BCUT2D eigenvalue weighted by Gasteiger charge is -2.42. The van der Waals surface area contributed by atoms with Gasteiger partial charge in [0.15, 0.2) is 5.65 Å². The first-order chi connectivity index (χ1) is 17.1. The first-order valence-electron chi connectivity index (χ1n) is 12.6. The summed E-state index contributed by atoms with van der Waals surface area (Å²) in [6, 6.07) is 14.6. The molecule has 0 amide bonds. The number of aromatic amines is 2. The Labute approximate surface area is 203 Å². The highest BCUT2D eigenvalue weighted by Gasteiger charge is 2.47. The molecule has 1 saturated carbocycles. The SMILES string of the molecule is N[C@@H]1c2ccccc2CC12CCN(c1nc3n[nH]c(C4(c5ccccn5)CCC4)c3c(=O)[nH]1)CC2. The maximum absolute atomic E-state index is 13.4. The van der Waals surface area contributed by atoms with Gasteiger partial charge in [0.1, 0.15) is 5.39 Å². The van der Waals surface area contributed by atoms with Crippen LogP contribution in [0.2, 0.25) is 0 Å². The third-order valence-corrected chi connectivity index (χ3v) is 8.90. The second kappa shape index (κ2) is 7.49. The maximum Gasteiger partial charge on any atom is 0.263 e. The summed E-state index contributed by atoms with van der Waals surface area (Å²) in [4.78, 5) is 28.0. The molecule has 8 nitrogen and oxygen atoms in total. The quantitative estimate of drug-likeness (QED) is 0.425. The second-order valence-electron chi connectivity index (χ2n) is 10.5. The summed E-state index contributed by atoms with van der Waals surface area (Å²) in [6.45, 7) is 1.62. The van der Waals surface area contributed by atoms with Crippen LogP contribution in [0.5, 0.6) is 0 Å². The van der Waals surface area contributed by atoms with E-state index in [0.717, 1.165) is 63.0 Å². The minimum Gasteiger partial charge on any atom is -0.342 e. The summed E-state index contributed by atoms with van der Waals surface area (Å²) in [5.74, 6) is 0.597.